The first-order valence-electron chi connectivity index (χ1n) is 7.49. The molecule has 0 radical (unpaired) electrons. The van der Waals surface area contributed by atoms with Crippen LogP contribution < -0.4 is 21.1 Å². The number of rotatable bonds is 6. The zero-order valence-electron chi connectivity index (χ0n) is 13.0. The SMILES string of the molecule is CCN(CC)c1nc(NN)nc(N2CCC(C)C2CO)n1. The minimum Gasteiger partial charge on any atom is -0.394 e. The van der Waals surface area contributed by atoms with Crippen molar-refractivity contribution in [2.24, 2.45) is 11.8 Å². The molecule has 1 aromatic heterocycles. The Balaban J connectivity index is 2.36. The van der Waals surface area contributed by atoms with Crippen LogP contribution in [-0.2, 0) is 0 Å². The molecule has 0 aliphatic carbocycles. The molecule has 0 aromatic carbocycles. The van der Waals surface area contributed by atoms with E-state index < -0.39 is 0 Å². The molecule has 1 fully saturated rings. The molecule has 21 heavy (non-hydrogen) atoms. The molecule has 2 atom stereocenters. The van der Waals surface area contributed by atoms with Gasteiger partial charge in [-0.1, -0.05) is 6.92 Å². The smallest absolute Gasteiger partial charge is 0.243 e. The number of hydrogen-bond donors (Lipinski definition) is 3. The van der Waals surface area contributed by atoms with Gasteiger partial charge in [0.1, 0.15) is 0 Å². The summed E-state index contributed by atoms with van der Waals surface area (Å²) in [5.41, 5.74) is 2.50. The summed E-state index contributed by atoms with van der Waals surface area (Å²) in [7, 11) is 0. The lowest BCUT2D eigenvalue weighted by Crippen LogP contribution is -2.37. The topological polar surface area (TPSA) is 103 Å². The molecule has 0 amide bonds. The average molecular weight is 295 g/mol. The molecule has 0 spiro atoms. The van der Waals surface area contributed by atoms with E-state index in [0.29, 0.717) is 23.8 Å². The molecule has 2 unspecified atom stereocenters. The Kier molecular flexibility index (Phi) is 5.13. The normalized spacial score (nSPS) is 21.7. The molecule has 1 aliphatic rings. The van der Waals surface area contributed by atoms with Gasteiger partial charge in [0, 0.05) is 19.6 Å². The van der Waals surface area contributed by atoms with Crippen LogP contribution in [0, 0.1) is 5.92 Å². The van der Waals surface area contributed by atoms with E-state index in [4.69, 9.17) is 5.84 Å². The summed E-state index contributed by atoms with van der Waals surface area (Å²) in [5, 5.41) is 9.60. The standard InChI is InChI=1S/C13H25N7O/c1-4-19(5-2)12-15-11(18-14)16-13(17-12)20-7-6-9(3)10(20)8-21/h9-10,21H,4-8,14H2,1-3H3,(H,15,16,17,18). The van der Waals surface area contributed by atoms with Gasteiger partial charge in [-0.15, -0.1) is 0 Å². The van der Waals surface area contributed by atoms with Gasteiger partial charge in [0.15, 0.2) is 0 Å². The summed E-state index contributed by atoms with van der Waals surface area (Å²) < 4.78 is 0. The fourth-order valence-corrected chi connectivity index (χ4v) is 2.73. The van der Waals surface area contributed by atoms with E-state index in [1.807, 2.05) is 9.80 Å². The Morgan fingerprint density at radius 1 is 1.33 bits per heavy atom. The van der Waals surface area contributed by atoms with Crippen LogP contribution in [0.15, 0.2) is 0 Å². The zero-order valence-corrected chi connectivity index (χ0v) is 13.0. The lowest BCUT2D eigenvalue weighted by Gasteiger charge is -2.27. The molecule has 1 saturated heterocycles. The molecule has 1 aromatic rings. The highest BCUT2D eigenvalue weighted by Gasteiger charge is 2.33. The summed E-state index contributed by atoms with van der Waals surface area (Å²) >= 11 is 0. The number of aromatic nitrogens is 3. The van der Waals surface area contributed by atoms with Gasteiger partial charge in [-0.3, -0.25) is 5.43 Å². The molecule has 8 heteroatoms. The molecule has 2 heterocycles. The van der Waals surface area contributed by atoms with Crippen molar-refractivity contribution in [2.45, 2.75) is 33.2 Å². The molecule has 1 aliphatic heterocycles. The Labute approximate surface area is 125 Å². The van der Waals surface area contributed by atoms with Crippen LogP contribution in [-0.4, -0.2) is 52.3 Å². The van der Waals surface area contributed by atoms with Crippen molar-refractivity contribution in [2.75, 3.05) is 41.5 Å². The van der Waals surface area contributed by atoms with E-state index in [2.05, 4.69) is 41.1 Å². The van der Waals surface area contributed by atoms with Crippen molar-refractivity contribution in [1.29, 1.82) is 0 Å². The van der Waals surface area contributed by atoms with Gasteiger partial charge >= 0.3 is 0 Å². The summed E-state index contributed by atoms with van der Waals surface area (Å²) in [5.74, 6) is 7.41. The van der Waals surface area contributed by atoms with Gasteiger partial charge < -0.3 is 14.9 Å². The quantitative estimate of drug-likeness (QED) is 0.505. The lowest BCUT2D eigenvalue weighted by atomic mass is 10.0. The molecule has 8 nitrogen and oxygen atoms in total. The van der Waals surface area contributed by atoms with Gasteiger partial charge in [0.05, 0.1) is 12.6 Å². The van der Waals surface area contributed by atoms with Crippen LogP contribution in [0.1, 0.15) is 27.2 Å². The maximum atomic E-state index is 9.60. The van der Waals surface area contributed by atoms with Crippen LogP contribution in [0.25, 0.3) is 0 Å². The Morgan fingerprint density at radius 3 is 2.62 bits per heavy atom. The van der Waals surface area contributed by atoms with E-state index in [1.54, 1.807) is 0 Å². The largest absolute Gasteiger partial charge is 0.394 e. The lowest BCUT2D eigenvalue weighted by molar-refractivity contribution is 0.244. The molecular formula is C13H25N7O. The predicted octanol–water partition coefficient (Wildman–Crippen LogP) is 0.211. The second-order valence-electron chi connectivity index (χ2n) is 5.28. The first kappa shape index (κ1) is 15.7. The second kappa shape index (κ2) is 6.86. The highest BCUT2D eigenvalue weighted by molar-refractivity contribution is 5.46. The molecule has 4 N–H and O–H groups in total. The minimum absolute atomic E-state index is 0.0441. The van der Waals surface area contributed by atoms with Crippen LogP contribution in [0.4, 0.5) is 17.8 Å². The van der Waals surface area contributed by atoms with Crippen molar-refractivity contribution >= 4 is 17.8 Å². The number of aliphatic hydroxyl groups excluding tert-OH is 1. The van der Waals surface area contributed by atoms with Crippen molar-refractivity contribution in [3.05, 3.63) is 0 Å². The molecular weight excluding hydrogens is 270 g/mol. The third-order valence-corrected chi connectivity index (χ3v) is 4.11. The number of nitrogen functional groups attached to an aromatic ring is 1. The number of aliphatic hydroxyl groups is 1. The van der Waals surface area contributed by atoms with E-state index in [1.165, 1.54) is 0 Å². The van der Waals surface area contributed by atoms with E-state index in [9.17, 15) is 5.11 Å². The van der Waals surface area contributed by atoms with Gasteiger partial charge in [0.2, 0.25) is 17.8 Å². The van der Waals surface area contributed by atoms with Gasteiger partial charge in [-0.2, -0.15) is 15.0 Å². The fourth-order valence-electron chi connectivity index (χ4n) is 2.73. The van der Waals surface area contributed by atoms with E-state index in [-0.39, 0.29) is 12.6 Å². The summed E-state index contributed by atoms with van der Waals surface area (Å²) in [4.78, 5) is 17.3. The molecule has 0 bridgehead atoms. The van der Waals surface area contributed by atoms with Crippen LogP contribution >= 0.6 is 0 Å². The van der Waals surface area contributed by atoms with Crippen LogP contribution in [0.5, 0.6) is 0 Å². The third-order valence-electron chi connectivity index (χ3n) is 4.11. The molecule has 118 valence electrons. The maximum absolute atomic E-state index is 9.60. The molecule has 0 saturated carbocycles. The van der Waals surface area contributed by atoms with Gasteiger partial charge in [0.25, 0.3) is 0 Å². The first-order chi connectivity index (χ1) is 10.1. The highest BCUT2D eigenvalue weighted by Crippen LogP contribution is 2.28. The maximum Gasteiger partial charge on any atom is 0.243 e. The zero-order chi connectivity index (χ0) is 15.4. The van der Waals surface area contributed by atoms with Gasteiger partial charge in [-0.25, -0.2) is 5.84 Å². The van der Waals surface area contributed by atoms with E-state index in [0.717, 1.165) is 26.1 Å². The summed E-state index contributed by atoms with van der Waals surface area (Å²) in [6.07, 6.45) is 1.02. The second-order valence-corrected chi connectivity index (χ2v) is 5.28. The number of nitrogens with one attached hydrogen (secondary N) is 1. The van der Waals surface area contributed by atoms with Crippen LogP contribution in [0.2, 0.25) is 0 Å². The molecule has 2 rings (SSSR count). The third kappa shape index (κ3) is 3.16. The summed E-state index contributed by atoms with van der Waals surface area (Å²) in [6, 6.07) is 0.0441. The fraction of sp³-hybridized carbons (Fsp3) is 0.769. The minimum atomic E-state index is 0.0441. The van der Waals surface area contributed by atoms with Crippen molar-refractivity contribution in [3.8, 4) is 0 Å². The number of hydrogen-bond acceptors (Lipinski definition) is 8. The Hall–Kier alpha value is -1.67. The average Bonchev–Trinajstić information content (AvgIpc) is 2.89. The Bertz CT molecular complexity index is 466. The number of anilines is 3. The van der Waals surface area contributed by atoms with Gasteiger partial charge in [-0.05, 0) is 26.2 Å². The Morgan fingerprint density at radius 2 is 2.05 bits per heavy atom. The number of nitrogens with two attached hydrogens (primary N) is 1. The van der Waals surface area contributed by atoms with Crippen molar-refractivity contribution < 1.29 is 5.11 Å². The monoisotopic (exact) mass is 295 g/mol. The van der Waals surface area contributed by atoms with Crippen molar-refractivity contribution in [1.82, 2.24) is 15.0 Å². The van der Waals surface area contributed by atoms with E-state index >= 15 is 0 Å². The highest BCUT2D eigenvalue weighted by atomic mass is 16.3. The first-order valence-corrected chi connectivity index (χ1v) is 7.49. The number of nitrogens with zero attached hydrogens (tertiary/aromatic N) is 5. The summed E-state index contributed by atoms with van der Waals surface area (Å²) in [6.45, 7) is 8.79. The van der Waals surface area contributed by atoms with Crippen molar-refractivity contribution in [3.63, 3.8) is 0 Å². The number of hydrazine groups is 1. The van der Waals surface area contributed by atoms with Crippen LogP contribution in [0.3, 0.4) is 0 Å². The predicted molar refractivity (Wildman–Crippen MR) is 83.2 cm³/mol.